The molecular weight excluding hydrogens is 274 g/mol. The van der Waals surface area contributed by atoms with E-state index in [1.165, 1.54) is 0 Å². The molecule has 0 saturated carbocycles. The Morgan fingerprint density at radius 1 is 1.09 bits per heavy atom. The monoisotopic (exact) mass is 297 g/mol. The zero-order valence-corrected chi connectivity index (χ0v) is 13.4. The van der Waals surface area contributed by atoms with E-state index in [9.17, 15) is 4.79 Å². The van der Waals surface area contributed by atoms with Gasteiger partial charge in [-0.2, -0.15) is 0 Å². The van der Waals surface area contributed by atoms with Gasteiger partial charge in [0.15, 0.2) is 0 Å². The van der Waals surface area contributed by atoms with Gasteiger partial charge in [-0.05, 0) is 43.2 Å². The lowest BCUT2D eigenvalue weighted by Gasteiger charge is -2.19. The Labute approximate surface area is 132 Å². The molecule has 2 amide bonds. The highest BCUT2D eigenvalue weighted by Crippen LogP contribution is 2.16. The zero-order valence-electron chi connectivity index (χ0n) is 13.4. The molecule has 0 aliphatic heterocycles. The van der Waals surface area contributed by atoms with E-state index in [2.05, 4.69) is 27.7 Å². The molecule has 0 unspecified atom stereocenters. The van der Waals surface area contributed by atoms with Crippen LogP contribution in [0.25, 0.3) is 0 Å². The lowest BCUT2D eigenvalue weighted by molar-refractivity contribution is 0.252. The summed E-state index contributed by atoms with van der Waals surface area (Å²) in [6, 6.07) is 16.0. The summed E-state index contributed by atoms with van der Waals surface area (Å²) in [6.45, 7) is 5.34. The van der Waals surface area contributed by atoms with Crippen molar-refractivity contribution >= 4 is 17.4 Å². The zero-order chi connectivity index (χ0) is 15.9. The predicted molar refractivity (Wildman–Crippen MR) is 92.6 cm³/mol. The number of urea groups is 1. The average Bonchev–Trinajstić information content (AvgIpc) is 2.51. The van der Waals surface area contributed by atoms with Crippen LogP contribution in [0.4, 0.5) is 16.2 Å². The number of nitrogens with zero attached hydrogens (tertiary/aromatic N) is 1. The third-order valence-electron chi connectivity index (χ3n) is 3.57. The number of carbonyl (C=O) groups excluding carboxylic acids is 1. The van der Waals surface area contributed by atoms with Crippen molar-refractivity contribution in [3.63, 3.8) is 0 Å². The molecule has 2 aromatic carbocycles. The van der Waals surface area contributed by atoms with Crippen LogP contribution in [-0.4, -0.2) is 26.2 Å². The molecule has 0 atom stereocenters. The second kappa shape index (κ2) is 7.50. The number of carbonyl (C=O) groups is 1. The minimum absolute atomic E-state index is 0.171. The Balaban J connectivity index is 1.80. The van der Waals surface area contributed by atoms with E-state index in [1.807, 2.05) is 57.3 Å². The van der Waals surface area contributed by atoms with Gasteiger partial charge in [-0.15, -0.1) is 0 Å². The number of hydrogen-bond acceptors (Lipinski definition) is 2. The Bertz CT molecular complexity index is 625. The number of para-hydroxylation sites is 1. The molecule has 0 aliphatic rings. The minimum Gasteiger partial charge on any atom is -0.373 e. The number of benzene rings is 2. The topological polar surface area (TPSA) is 44.4 Å². The molecule has 116 valence electrons. The van der Waals surface area contributed by atoms with Crippen molar-refractivity contribution in [1.29, 1.82) is 0 Å². The van der Waals surface area contributed by atoms with Gasteiger partial charge in [0, 0.05) is 31.5 Å². The normalized spacial score (nSPS) is 10.1. The average molecular weight is 297 g/mol. The molecule has 0 fully saturated rings. The van der Waals surface area contributed by atoms with Gasteiger partial charge >= 0.3 is 6.03 Å². The molecule has 0 aliphatic carbocycles. The van der Waals surface area contributed by atoms with Crippen LogP contribution in [0.3, 0.4) is 0 Å². The first kappa shape index (κ1) is 15.9. The Kier molecular flexibility index (Phi) is 5.42. The maximum Gasteiger partial charge on any atom is 0.319 e. The van der Waals surface area contributed by atoms with Gasteiger partial charge in [-0.1, -0.05) is 30.3 Å². The highest BCUT2D eigenvalue weighted by Gasteiger charge is 2.05. The van der Waals surface area contributed by atoms with E-state index in [1.54, 1.807) is 0 Å². The number of nitrogens with one attached hydrogen (secondary N) is 2. The highest BCUT2D eigenvalue weighted by atomic mass is 16.2. The van der Waals surface area contributed by atoms with E-state index in [0.717, 1.165) is 29.0 Å². The smallest absolute Gasteiger partial charge is 0.319 e. The molecule has 2 aromatic rings. The molecule has 0 spiro atoms. The van der Waals surface area contributed by atoms with Crippen molar-refractivity contribution in [2.75, 3.05) is 30.4 Å². The van der Waals surface area contributed by atoms with Gasteiger partial charge < -0.3 is 15.5 Å². The van der Waals surface area contributed by atoms with Crippen LogP contribution in [0.2, 0.25) is 0 Å². The lowest BCUT2D eigenvalue weighted by atomic mass is 10.1. The van der Waals surface area contributed by atoms with Crippen LogP contribution in [0.5, 0.6) is 0 Å². The summed E-state index contributed by atoms with van der Waals surface area (Å²) in [5.74, 6) is 0. The SMILES string of the molecule is Cc1ccc(C)c(NC(=O)NCCN(C)c2ccccc2)c1. The fraction of sp³-hybridized carbons (Fsp3) is 0.278. The summed E-state index contributed by atoms with van der Waals surface area (Å²) in [5.41, 5.74) is 4.18. The second-order valence-electron chi connectivity index (χ2n) is 5.46. The van der Waals surface area contributed by atoms with E-state index < -0.39 is 0 Å². The molecule has 2 rings (SSSR count). The largest absolute Gasteiger partial charge is 0.373 e. The fourth-order valence-corrected chi connectivity index (χ4v) is 2.19. The first-order chi connectivity index (χ1) is 10.6. The van der Waals surface area contributed by atoms with Crippen LogP contribution >= 0.6 is 0 Å². The molecule has 22 heavy (non-hydrogen) atoms. The number of hydrogen-bond donors (Lipinski definition) is 2. The molecule has 0 saturated heterocycles. The minimum atomic E-state index is -0.171. The molecule has 0 heterocycles. The van der Waals surface area contributed by atoms with Crippen molar-refractivity contribution in [3.05, 3.63) is 59.7 Å². The standard InChI is InChI=1S/C18H23N3O/c1-14-9-10-15(2)17(13-14)20-18(22)19-11-12-21(3)16-7-5-4-6-8-16/h4-10,13H,11-12H2,1-3H3,(H2,19,20,22). The Hall–Kier alpha value is -2.49. The fourth-order valence-electron chi connectivity index (χ4n) is 2.19. The first-order valence-corrected chi connectivity index (χ1v) is 7.44. The summed E-state index contributed by atoms with van der Waals surface area (Å²) in [7, 11) is 2.01. The summed E-state index contributed by atoms with van der Waals surface area (Å²) in [6.07, 6.45) is 0. The number of amides is 2. The van der Waals surface area contributed by atoms with Gasteiger partial charge in [0.2, 0.25) is 0 Å². The van der Waals surface area contributed by atoms with Gasteiger partial charge in [0.05, 0.1) is 0 Å². The third-order valence-corrected chi connectivity index (χ3v) is 3.57. The van der Waals surface area contributed by atoms with E-state index in [-0.39, 0.29) is 6.03 Å². The van der Waals surface area contributed by atoms with Crippen LogP contribution in [0.15, 0.2) is 48.5 Å². The van der Waals surface area contributed by atoms with Crippen molar-refractivity contribution in [2.24, 2.45) is 0 Å². The van der Waals surface area contributed by atoms with Crippen molar-refractivity contribution in [2.45, 2.75) is 13.8 Å². The maximum atomic E-state index is 12.0. The van der Waals surface area contributed by atoms with Crippen LogP contribution in [-0.2, 0) is 0 Å². The van der Waals surface area contributed by atoms with Gasteiger partial charge in [0.1, 0.15) is 0 Å². The summed E-state index contributed by atoms with van der Waals surface area (Å²) < 4.78 is 0. The second-order valence-corrected chi connectivity index (χ2v) is 5.46. The van der Waals surface area contributed by atoms with Crippen LogP contribution < -0.4 is 15.5 Å². The Morgan fingerprint density at radius 2 is 1.82 bits per heavy atom. The molecular formula is C18H23N3O. The number of rotatable bonds is 5. The van der Waals surface area contributed by atoms with Crippen LogP contribution in [0.1, 0.15) is 11.1 Å². The number of aryl methyl sites for hydroxylation is 2. The molecule has 0 bridgehead atoms. The van der Waals surface area contributed by atoms with E-state index >= 15 is 0 Å². The number of likely N-dealkylation sites (N-methyl/N-ethyl adjacent to an activating group) is 1. The van der Waals surface area contributed by atoms with Crippen molar-refractivity contribution < 1.29 is 4.79 Å². The molecule has 2 N–H and O–H groups in total. The van der Waals surface area contributed by atoms with Crippen LogP contribution in [0, 0.1) is 13.8 Å². The molecule has 4 heteroatoms. The predicted octanol–water partition coefficient (Wildman–Crippen LogP) is 3.56. The molecule has 4 nitrogen and oxygen atoms in total. The molecule has 0 aromatic heterocycles. The van der Waals surface area contributed by atoms with E-state index in [4.69, 9.17) is 0 Å². The Morgan fingerprint density at radius 3 is 2.55 bits per heavy atom. The van der Waals surface area contributed by atoms with Gasteiger partial charge in [0.25, 0.3) is 0 Å². The quantitative estimate of drug-likeness (QED) is 0.886. The lowest BCUT2D eigenvalue weighted by Crippen LogP contribution is -2.35. The van der Waals surface area contributed by atoms with Gasteiger partial charge in [-0.25, -0.2) is 4.79 Å². The highest BCUT2D eigenvalue weighted by molar-refractivity contribution is 5.90. The third kappa shape index (κ3) is 4.52. The van der Waals surface area contributed by atoms with Crippen molar-refractivity contribution in [3.8, 4) is 0 Å². The first-order valence-electron chi connectivity index (χ1n) is 7.44. The number of anilines is 2. The summed E-state index contributed by atoms with van der Waals surface area (Å²) in [5, 5.41) is 5.78. The summed E-state index contributed by atoms with van der Waals surface area (Å²) >= 11 is 0. The summed E-state index contributed by atoms with van der Waals surface area (Å²) in [4.78, 5) is 14.1. The van der Waals surface area contributed by atoms with Gasteiger partial charge in [-0.3, -0.25) is 0 Å². The van der Waals surface area contributed by atoms with E-state index in [0.29, 0.717) is 6.54 Å². The molecule has 0 radical (unpaired) electrons. The maximum absolute atomic E-state index is 12.0. The van der Waals surface area contributed by atoms with Crippen molar-refractivity contribution in [1.82, 2.24) is 5.32 Å².